The zero-order chi connectivity index (χ0) is 27.7. The minimum Gasteiger partial charge on any atom is -0.495 e. The smallest absolute Gasteiger partial charge is 0.337 e. The molecule has 2 heterocycles. The van der Waals surface area contributed by atoms with E-state index in [-0.39, 0.29) is 46.3 Å². The average Bonchev–Trinajstić information content (AvgIpc) is 2.96. The van der Waals surface area contributed by atoms with Gasteiger partial charge >= 0.3 is 5.97 Å². The molecule has 11 heteroatoms. The summed E-state index contributed by atoms with van der Waals surface area (Å²) in [6, 6.07) is 12.5. The van der Waals surface area contributed by atoms with Gasteiger partial charge in [0.2, 0.25) is 0 Å². The summed E-state index contributed by atoms with van der Waals surface area (Å²) in [4.78, 5) is 28.5. The van der Waals surface area contributed by atoms with Crippen molar-refractivity contribution in [2.24, 2.45) is 0 Å². The first-order valence-electron chi connectivity index (χ1n) is 12.0. The lowest BCUT2D eigenvalue weighted by atomic mass is 9.97. The lowest BCUT2D eigenvalue weighted by Gasteiger charge is -2.32. The number of methoxy groups -OCH3 is 1. The molecule has 0 unspecified atom stereocenters. The summed E-state index contributed by atoms with van der Waals surface area (Å²) in [6.07, 6.45) is 0. The van der Waals surface area contributed by atoms with Crippen LogP contribution in [0.25, 0.3) is 11.1 Å². The fourth-order valence-corrected chi connectivity index (χ4v) is 5.00. The predicted molar refractivity (Wildman–Crippen MR) is 140 cm³/mol. The van der Waals surface area contributed by atoms with Gasteiger partial charge in [0.25, 0.3) is 5.91 Å². The van der Waals surface area contributed by atoms with Crippen molar-refractivity contribution in [1.29, 1.82) is 5.26 Å². The fraction of sp³-hybridized carbons (Fsp3) is 0.250. The van der Waals surface area contributed by atoms with E-state index in [4.69, 9.17) is 25.8 Å². The van der Waals surface area contributed by atoms with Crippen molar-refractivity contribution in [1.82, 2.24) is 4.90 Å². The largest absolute Gasteiger partial charge is 0.495 e. The number of hydrogen-bond acceptors (Lipinski definition) is 7. The number of carboxylic acid groups (broad SMARTS) is 1. The molecule has 0 saturated carbocycles. The summed E-state index contributed by atoms with van der Waals surface area (Å²) in [5.41, 5.74) is 1.83. The second kappa shape index (κ2) is 10.8. The van der Waals surface area contributed by atoms with Crippen LogP contribution >= 0.6 is 11.6 Å². The summed E-state index contributed by atoms with van der Waals surface area (Å²) >= 11 is 6.31. The van der Waals surface area contributed by atoms with Gasteiger partial charge in [0, 0.05) is 35.8 Å². The van der Waals surface area contributed by atoms with Crippen LogP contribution in [0.2, 0.25) is 5.02 Å². The number of nitrogens with zero attached hydrogens (tertiary/aromatic N) is 3. The molecule has 0 aromatic heterocycles. The van der Waals surface area contributed by atoms with Crippen LogP contribution in [-0.2, 0) is 11.3 Å². The number of carbonyl (C=O) groups is 2. The van der Waals surface area contributed by atoms with Gasteiger partial charge in [-0.3, -0.25) is 4.79 Å². The van der Waals surface area contributed by atoms with Gasteiger partial charge in [0.1, 0.15) is 23.4 Å². The molecular formula is C28H23ClFN3O6. The van der Waals surface area contributed by atoms with Crippen molar-refractivity contribution in [3.05, 3.63) is 75.6 Å². The van der Waals surface area contributed by atoms with Gasteiger partial charge in [-0.25, -0.2) is 9.18 Å². The number of carboxylic acids is 1. The summed E-state index contributed by atoms with van der Waals surface area (Å²) in [5.74, 6) is -1.71. The molecule has 3 aromatic rings. The molecule has 2 aliphatic heterocycles. The van der Waals surface area contributed by atoms with Crippen LogP contribution < -0.4 is 14.4 Å². The molecule has 0 spiro atoms. The van der Waals surface area contributed by atoms with Gasteiger partial charge < -0.3 is 29.1 Å². The lowest BCUT2D eigenvalue weighted by molar-refractivity contribution is 0.0515. The Kier molecular flexibility index (Phi) is 7.28. The van der Waals surface area contributed by atoms with E-state index >= 15 is 4.39 Å². The van der Waals surface area contributed by atoms with Gasteiger partial charge in [-0.05, 0) is 18.2 Å². The van der Waals surface area contributed by atoms with E-state index in [0.29, 0.717) is 48.9 Å². The van der Waals surface area contributed by atoms with Crippen LogP contribution in [0, 0.1) is 17.1 Å². The number of rotatable bonds is 5. The molecule has 0 atom stereocenters. The number of nitriles is 1. The third kappa shape index (κ3) is 4.94. The van der Waals surface area contributed by atoms with Crippen molar-refractivity contribution >= 4 is 29.2 Å². The van der Waals surface area contributed by atoms with Gasteiger partial charge in [0.05, 0.1) is 54.3 Å². The number of amides is 1. The predicted octanol–water partition coefficient (Wildman–Crippen LogP) is 4.55. The Morgan fingerprint density at radius 3 is 2.59 bits per heavy atom. The van der Waals surface area contributed by atoms with Crippen molar-refractivity contribution in [3.8, 4) is 28.7 Å². The van der Waals surface area contributed by atoms with E-state index in [2.05, 4.69) is 0 Å². The molecule has 9 nitrogen and oxygen atoms in total. The molecule has 200 valence electrons. The number of carbonyl (C=O) groups excluding carboxylic acids is 1. The van der Waals surface area contributed by atoms with E-state index in [9.17, 15) is 20.0 Å². The first-order valence-corrected chi connectivity index (χ1v) is 12.4. The van der Waals surface area contributed by atoms with Crippen molar-refractivity contribution < 1.29 is 33.3 Å². The summed E-state index contributed by atoms with van der Waals surface area (Å²) < 4.78 is 31.8. The van der Waals surface area contributed by atoms with Crippen LogP contribution in [-0.4, -0.2) is 62.0 Å². The maximum atomic E-state index is 15.3. The standard InChI is InChI=1S/C28H23ClFN3O6/c1-37-25-12-22(29)20(9-17(25)13-31)27(34)33-14-16-3-2-4-18(26(16)39-15-33)19-11-24(32-5-7-38-8-6-32)21(28(35)36)10-23(19)30/h2-4,9-12H,5-8,14-15H2,1H3,(H,35,36). The molecule has 1 saturated heterocycles. The second-order valence-electron chi connectivity index (χ2n) is 8.97. The van der Waals surface area contributed by atoms with Crippen LogP contribution in [0.4, 0.5) is 10.1 Å². The van der Waals surface area contributed by atoms with E-state index in [0.717, 1.165) is 6.07 Å². The van der Waals surface area contributed by atoms with Crippen LogP contribution in [0.3, 0.4) is 0 Å². The minimum absolute atomic E-state index is 0.127. The molecule has 0 aliphatic carbocycles. The molecule has 1 N–H and O–H groups in total. The highest BCUT2D eigenvalue weighted by atomic mass is 35.5. The van der Waals surface area contributed by atoms with Gasteiger partial charge in [0.15, 0.2) is 6.73 Å². The first kappa shape index (κ1) is 26.3. The highest BCUT2D eigenvalue weighted by molar-refractivity contribution is 6.34. The maximum Gasteiger partial charge on any atom is 0.337 e. The molecule has 1 amide bonds. The molecule has 0 radical (unpaired) electrons. The van der Waals surface area contributed by atoms with Crippen LogP contribution in [0.5, 0.6) is 11.5 Å². The number of halogens is 2. The van der Waals surface area contributed by atoms with Crippen molar-refractivity contribution in [3.63, 3.8) is 0 Å². The number of aromatic carboxylic acids is 1. The highest BCUT2D eigenvalue weighted by Crippen LogP contribution is 2.40. The van der Waals surface area contributed by atoms with Crippen molar-refractivity contribution in [2.75, 3.05) is 45.0 Å². The van der Waals surface area contributed by atoms with Gasteiger partial charge in [-0.1, -0.05) is 29.8 Å². The summed E-state index contributed by atoms with van der Waals surface area (Å²) in [7, 11) is 1.41. The van der Waals surface area contributed by atoms with E-state index in [1.165, 1.54) is 30.2 Å². The molecule has 5 rings (SSSR count). The average molecular weight is 552 g/mol. The second-order valence-corrected chi connectivity index (χ2v) is 9.38. The molecule has 2 aliphatic rings. The Morgan fingerprint density at radius 1 is 1.13 bits per heavy atom. The summed E-state index contributed by atoms with van der Waals surface area (Å²) in [6.45, 7) is 1.84. The minimum atomic E-state index is -1.22. The summed E-state index contributed by atoms with van der Waals surface area (Å²) in [5, 5.41) is 19.2. The van der Waals surface area contributed by atoms with E-state index < -0.39 is 17.7 Å². The number of ether oxygens (including phenoxy) is 3. The topological polar surface area (TPSA) is 112 Å². The molecule has 0 bridgehead atoms. The SMILES string of the molecule is COc1cc(Cl)c(C(=O)N2COc3c(cccc3-c3cc(N4CCOCC4)c(C(=O)O)cc3F)C2)cc1C#N. The van der Waals surface area contributed by atoms with Crippen molar-refractivity contribution in [2.45, 2.75) is 6.54 Å². The molecule has 3 aromatic carbocycles. The number of morpholine rings is 1. The van der Waals surface area contributed by atoms with Gasteiger partial charge in [-0.15, -0.1) is 0 Å². The Balaban J connectivity index is 1.49. The monoisotopic (exact) mass is 551 g/mol. The number of hydrogen-bond donors (Lipinski definition) is 1. The lowest BCUT2D eigenvalue weighted by Crippen LogP contribution is -2.37. The highest BCUT2D eigenvalue weighted by Gasteiger charge is 2.29. The fourth-order valence-electron chi connectivity index (χ4n) is 4.77. The number of fused-ring (bicyclic) bond motifs is 1. The zero-order valence-electron chi connectivity index (χ0n) is 20.9. The normalized spacial score (nSPS) is 14.7. The van der Waals surface area contributed by atoms with Crippen LogP contribution in [0.1, 0.15) is 31.8 Å². The van der Waals surface area contributed by atoms with Crippen LogP contribution in [0.15, 0.2) is 42.5 Å². The Hall–Kier alpha value is -4.33. The number of anilines is 1. The quantitative estimate of drug-likeness (QED) is 0.491. The molecular weight excluding hydrogens is 529 g/mol. The third-order valence-corrected chi connectivity index (χ3v) is 7.02. The third-order valence-electron chi connectivity index (χ3n) is 6.71. The van der Waals surface area contributed by atoms with E-state index in [1.807, 2.05) is 11.0 Å². The Bertz CT molecular complexity index is 1520. The zero-order valence-corrected chi connectivity index (χ0v) is 21.6. The molecule has 39 heavy (non-hydrogen) atoms. The number of benzene rings is 3. The number of para-hydroxylation sites is 1. The Labute approximate surface area is 228 Å². The van der Waals surface area contributed by atoms with E-state index in [1.54, 1.807) is 18.2 Å². The first-order chi connectivity index (χ1) is 18.8. The molecule has 1 fully saturated rings. The Morgan fingerprint density at radius 2 is 1.90 bits per heavy atom. The van der Waals surface area contributed by atoms with Gasteiger partial charge in [-0.2, -0.15) is 5.26 Å². The maximum absolute atomic E-state index is 15.3.